The molecular weight excluding hydrogens is 271 g/mol. The monoisotopic (exact) mass is 302 g/mol. The molecule has 2 saturated carbocycles. The first-order valence-electron chi connectivity index (χ1n) is 9.48. The van der Waals surface area contributed by atoms with E-state index in [2.05, 4.69) is 39.0 Å². The highest BCUT2D eigenvalue weighted by Gasteiger charge is 2.58. The molecule has 0 nitrogen and oxygen atoms in total. The topological polar surface area (TPSA) is 0 Å². The Morgan fingerprint density at radius 1 is 1.09 bits per heavy atom. The standard InChI is InChI=1S/C21H31F/c1-14-7-10-17-16-9-8-15-6-4-5-12-20(15,2)18(16)11-13-21(17,3)19(14)22/h4,6,8,14,16-19H,5,7,9-13H2,1-3H3/t14-,16?,17?,18?,19+,20+,21+/m1/s1. The van der Waals surface area contributed by atoms with Gasteiger partial charge in [0.15, 0.2) is 0 Å². The van der Waals surface area contributed by atoms with Crippen molar-refractivity contribution in [1.29, 1.82) is 0 Å². The number of fused-ring (bicyclic) bond motifs is 5. The summed E-state index contributed by atoms with van der Waals surface area (Å²) in [6.07, 6.45) is 15.1. The highest BCUT2D eigenvalue weighted by molar-refractivity contribution is 5.33. The maximum absolute atomic E-state index is 15.1. The summed E-state index contributed by atoms with van der Waals surface area (Å²) in [6.45, 7) is 6.90. The van der Waals surface area contributed by atoms with Crippen molar-refractivity contribution in [2.75, 3.05) is 0 Å². The minimum Gasteiger partial charge on any atom is -0.247 e. The number of rotatable bonds is 0. The quantitative estimate of drug-likeness (QED) is 0.508. The minimum absolute atomic E-state index is 0.0506. The van der Waals surface area contributed by atoms with E-state index in [0.717, 1.165) is 24.7 Å². The molecule has 0 radical (unpaired) electrons. The molecule has 0 amide bonds. The van der Waals surface area contributed by atoms with Gasteiger partial charge in [-0.2, -0.15) is 0 Å². The van der Waals surface area contributed by atoms with Gasteiger partial charge in [0.05, 0.1) is 0 Å². The smallest absolute Gasteiger partial charge is 0.108 e. The first-order valence-corrected chi connectivity index (χ1v) is 9.48. The van der Waals surface area contributed by atoms with Gasteiger partial charge in [-0.05, 0) is 79.6 Å². The van der Waals surface area contributed by atoms with E-state index in [1.165, 1.54) is 32.1 Å². The minimum atomic E-state index is -0.586. The van der Waals surface area contributed by atoms with Gasteiger partial charge in [0.2, 0.25) is 0 Å². The van der Waals surface area contributed by atoms with E-state index in [-0.39, 0.29) is 11.3 Å². The molecule has 122 valence electrons. The molecule has 0 spiro atoms. The van der Waals surface area contributed by atoms with Crippen molar-refractivity contribution in [2.45, 2.75) is 71.9 Å². The molecule has 4 rings (SSSR count). The van der Waals surface area contributed by atoms with Crippen molar-refractivity contribution in [3.63, 3.8) is 0 Å². The van der Waals surface area contributed by atoms with Gasteiger partial charge in [-0.15, -0.1) is 0 Å². The Bertz CT molecular complexity index is 518. The van der Waals surface area contributed by atoms with E-state index in [4.69, 9.17) is 0 Å². The normalized spacial score (nSPS) is 54.0. The fourth-order valence-electron chi connectivity index (χ4n) is 6.77. The third kappa shape index (κ3) is 1.86. The van der Waals surface area contributed by atoms with Crippen LogP contribution in [0.3, 0.4) is 0 Å². The Morgan fingerprint density at radius 2 is 1.91 bits per heavy atom. The van der Waals surface area contributed by atoms with Crippen LogP contribution in [0.4, 0.5) is 4.39 Å². The maximum Gasteiger partial charge on any atom is 0.108 e. The number of alkyl halides is 1. The molecule has 2 fully saturated rings. The zero-order valence-corrected chi connectivity index (χ0v) is 14.4. The summed E-state index contributed by atoms with van der Waals surface area (Å²) in [5, 5.41) is 0. The largest absolute Gasteiger partial charge is 0.247 e. The van der Waals surface area contributed by atoms with E-state index in [9.17, 15) is 0 Å². The number of hydrogen-bond donors (Lipinski definition) is 0. The summed E-state index contributed by atoms with van der Waals surface area (Å²) in [6, 6.07) is 0. The van der Waals surface area contributed by atoms with Crippen LogP contribution in [0.1, 0.15) is 65.7 Å². The summed E-state index contributed by atoms with van der Waals surface area (Å²) >= 11 is 0. The fraction of sp³-hybridized carbons (Fsp3) is 0.810. The van der Waals surface area contributed by atoms with Gasteiger partial charge < -0.3 is 0 Å². The number of hydrogen-bond acceptors (Lipinski definition) is 0. The second-order valence-corrected chi connectivity index (χ2v) is 9.13. The van der Waals surface area contributed by atoms with Crippen LogP contribution in [0.25, 0.3) is 0 Å². The van der Waals surface area contributed by atoms with Gasteiger partial charge >= 0.3 is 0 Å². The third-order valence-electron chi connectivity index (χ3n) is 8.15. The highest BCUT2D eigenvalue weighted by atomic mass is 19.1. The molecule has 22 heavy (non-hydrogen) atoms. The van der Waals surface area contributed by atoms with E-state index in [1.807, 2.05) is 0 Å². The molecule has 0 aromatic rings. The highest BCUT2D eigenvalue weighted by Crippen LogP contribution is 2.64. The molecule has 0 bridgehead atoms. The van der Waals surface area contributed by atoms with Crippen LogP contribution in [-0.4, -0.2) is 6.17 Å². The molecule has 0 saturated heterocycles. The van der Waals surface area contributed by atoms with Crippen molar-refractivity contribution in [2.24, 2.45) is 34.5 Å². The molecule has 1 heteroatoms. The molecule has 0 aliphatic heterocycles. The molecule has 0 heterocycles. The molecule has 0 N–H and O–H groups in total. The zero-order chi connectivity index (χ0) is 15.5. The van der Waals surface area contributed by atoms with Crippen molar-refractivity contribution < 1.29 is 4.39 Å². The Labute approximate surface area is 135 Å². The van der Waals surface area contributed by atoms with Crippen LogP contribution >= 0.6 is 0 Å². The zero-order valence-electron chi connectivity index (χ0n) is 14.4. The SMILES string of the molecule is C[C@@H]1CCC2C3CC=C4C=CCC[C@]4(C)C3CC[C@]2(C)[C@H]1F. The fourth-order valence-corrected chi connectivity index (χ4v) is 6.77. The van der Waals surface area contributed by atoms with Gasteiger partial charge in [0, 0.05) is 5.41 Å². The molecule has 0 aromatic heterocycles. The first-order chi connectivity index (χ1) is 10.5. The second kappa shape index (κ2) is 4.95. The maximum atomic E-state index is 15.1. The number of allylic oxidation sites excluding steroid dienone is 4. The van der Waals surface area contributed by atoms with Crippen LogP contribution in [0.15, 0.2) is 23.8 Å². The van der Waals surface area contributed by atoms with Crippen LogP contribution in [0.2, 0.25) is 0 Å². The van der Waals surface area contributed by atoms with Gasteiger partial charge in [0.25, 0.3) is 0 Å². The molecule has 7 atom stereocenters. The Balaban J connectivity index is 1.70. The van der Waals surface area contributed by atoms with Crippen molar-refractivity contribution in [3.8, 4) is 0 Å². The summed E-state index contributed by atoms with van der Waals surface area (Å²) in [5.74, 6) is 2.39. The second-order valence-electron chi connectivity index (χ2n) is 9.13. The van der Waals surface area contributed by atoms with Gasteiger partial charge in [-0.3, -0.25) is 0 Å². The summed E-state index contributed by atoms with van der Waals surface area (Å²) in [5.41, 5.74) is 1.91. The van der Waals surface area contributed by atoms with E-state index in [1.54, 1.807) is 5.57 Å². The summed E-state index contributed by atoms with van der Waals surface area (Å²) < 4.78 is 15.1. The van der Waals surface area contributed by atoms with E-state index in [0.29, 0.717) is 11.3 Å². The Morgan fingerprint density at radius 3 is 2.73 bits per heavy atom. The Kier molecular flexibility index (Phi) is 3.37. The van der Waals surface area contributed by atoms with Crippen LogP contribution < -0.4 is 0 Å². The van der Waals surface area contributed by atoms with Gasteiger partial charge in [-0.1, -0.05) is 39.0 Å². The summed E-state index contributed by atoms with van der Waals surface area (Å²) in [7, 11) is 0. The lowest BCUT2D eigenvalue weighted by Gasteiger charge is -2.60. The van der Waals surface area contributed by atoms with Crippen LogP contribution in [-0.2, 0) is 0 Å². The van der Waals surface area contributed by atoms with Crippen molar-refractivity contribution >= 4 is 0 Å². The molecule has 4 aliphatic rings. The first kappa shape index (κ1) is 15.0. The van der Waals surface area contributed by atoms with E-state index < -0.39 is 6.17 Å². The average Bonchev–Trinajstić information content (AvgIpc) is 2.51. The predicted octanol–water partition coefficient (Wildman–Crippen LogP) is 6.09. The average molecular weight is 302 g/mol. The Hall–Kier alpha value is -0.590. The summed E-state index contributed by atoms with van der Waals surface area (Å²) in [4.78, 5) is 0. The van der Waals surface area contributed by atoms with Crippen molar-refractivity contribution in [3.05, 3.63) is 23.8 Å². The lowest BCUT2D eigenvalue weighted by atomic mass is 9.45. The molecule has 3 unspecified atom stereocenters. The predicted molar refractivity (Wildman–Crippen MR) is 90.3 cm³/mol. The van der Waals surface area contributed by atoms with Crippen molar-refractivity contribution in [1.82, 2.24) is 0 Å². The third-order valence-corrected chi connectivity index (χ3v) is 8.15. The number of halogens is 1. The van der Waals surface area contributed by atoms with Gasteiger partial charge in [-0.25, -0.2) is 4.39 Å². The lowest BCUT2D eigenvalue weighted by Crippen LogP contribution is -2.55. The van der Waals surface area contributed by atoms with Crippen LogP contribution in [0, 0.1) is 34.5 Å². The van der Waals surface area contributed by atoms with Crippen LogP contribution in [0.5, 0.6) is 0 Å². The molecule has 0 aromatic carbocycles. The van der Waals surface area contributed by atoms with Gasteiger partial charge in [0.1, 0.15) is 6.17 Å². The molecule has 4 aliphatic carbocycles. The van der Waals surface area contributed by atoms with E-state index >= 15 is 4.39 Å². The lowest BCUT2D eigenvalue weighted by molar-refractivity contribution is -0.115. The molecular formula is C21H31F.